The maximum Gasteiger partial charge on any atom is 0.411 e. The van der Waals surface area contributed by atoms with Gasteiger partial charge in [0.25, 0.3) is 0 Å². The molecule has 0 bridgehead atoms. The van der Waals surface area contributed by atoms with E-state index in [1.807, 2.05) is 20.8 Å². The average Bonchev–Trinajstić information content (AvgIpc) is 2.80. The predicted molar refractivity (Wildman–Crippen MR) is 138 cm³/mol. The summed E-state index contributed by atoms with van der Waals surface area (Å²) in [4.78, 5) is 39.8. The second-order valence-electron chi connectivity index (χ2n) is 11.8. The number of likely N-dealkylation sites (N-methyl/N-ethyl adjacent to an activating group) is 1. The Kier molecular flexibility index (Phi) is 6.73. The molecule has 4 unspecified atom stereocenters. The van der Waals surface area contributed by atoms with Gasteiger partial charge in [-0.3, -0.25) is 19.8 Å². The lowest BCUT2D eigenvalue weighted by molar-refractivity contribution is -0.151. The number of carbonyl (C=O) groups excluding carboxylic acids is 3. The molecule has 0 spiro atoms. The fourth-order valence-corrected chi connectivity index (χ4v) is 5.84. The molecule has 0 aromatic heterocycles. The average molecular weight is 530 g/mol. The minimum atomic E-state index is -2.11. The smallest absolute Gasteiger partial charge is 0.411 e. The van der Waals surface area contributed by atoms with E-state index in [0.29, 0.717) is 5.56 Å². The zero-order valence-electron chi connectivity index (χ0n) is 22.2. The fourth-order valence-electron chi connectivity index (χ4n) is 5.84. The van der Waals surface area contributed by atoms with E-state index in [4.69, 9.17) is 10.5 Å². The number of Topliss-reactive ketones (excluding diaryl/α,β-unsaturated/α-hetero) is 1. The van der Waals surface area contributed by atoms with E-state index in [9.17, 15) is 34.8 Å². The van der Waals surface area contributed by atoms with Gasteiger partial charge in [-0.25, -0.2) is 4.79 Å². The van der Waals surface area contributed by atoms with Crippen LogP contribution in [0, 0.1) is 17.3 Å². The number of nitrogens with zero attached hydrogens (tertiary/aromatic N) is 1. The number of ketones is 1. The van der Waals surface area contributed by atoms with Crippen molar-refractivity contribution in [1.82, 2.24) is 4.90 Å². The Morgan fingerprint density at radius 1 is 1.21 bits per heavy atom. The van der Waals surface area contributed by atoms with Crippen molar-refractivity contribution in [2.75, 3.05) is 26.0 Å². The van der Waals surface area contributed by atoms with Crippen molar-refractivity contribution in [1.29, 1.82) is 0 Å². The van der Waals surface area contributed by atoms with Crippen molar-refractivity contribution >= 4 is 29.2 Å². The first kappa shape index (κ1) is 27.5. The highest BCUT2D eigenvalue weighted by atomic mass is 16.5. The molecule has 206 valence electrons. The number of primary amides is 1. The molecule has 1 aromatic carbocycles. The van der Waals surface area contributed by atoms with Gasteiger partial charge in [-0.2, -0.15) is 0 Å². The van der Waals surface area contributed by atoms with Crippen LogP contribution in [-0.4, -0.2) is 75.5 Å². The van der Waals surface area contributed by atoms with Crippen LogP contribution in [0.5, 0.6) is 5.75 Å². The lowest BCUT2D eigenvalue weighted by Gasteiger charge is -2.51. The molecule has 7 N–H and O–H groups in total. The summed E-state index contributed by atoms with van der Waals surface area (Å²) in [5, 5.41) is 47.2. The van der Waals surface area contributed by atoms with E-state index in [-0.39, 0.29) is 53.0 Å². The number of aliphatic hydroxyl groups excluding tert-OH is 2. The Hall–Kier alpha value is -3.57. The van der Waals surface area contributed by atoms with Crippen LogP contribution in [-0.2, 0) is 20.7 Å². The molecule has 1 aromatic rings. The molecule has 11 nitrogen and oxygen atoms in total. The number of ether oxygens (including phenoxy) is 1. The van der Waals surface area contributed by atoms with Crippen LogP contribution in [0.1, 0.15) is 44.7 Å². The maximum atomic E-state index is 13.8. The number of phenols is 1. The maximum absolute atomic E-state index is 13.8. The second kappa shape index (κ2) is 9.32. The molecule has 4 rings (SSSR count). The van der Waals surface area contributed by atoms with Crippen LogP contribution in [0.3, 0.4) is 0 Å². The second-order valence-corrected chi connectivity index (χ2v) is 11.8. The normalized spacial score (nSPS) is 27.0. The predicted octanol–water partition coefficient (Wildman–Crippen LogP) is 2.38. The Bertz CT molecular complexity index is 1280. The number of aromatic hydroxyl groups is 1. The third-order valence-electron chi connectivity index (χ3n) is 7.56. The zero-order valence-corrected chi connectivity index (χ0v) is 22.2. The minimum Gasteiger partial charge on any atom is -0.510 e. The fraction of sp³-hybridized carbons (Fsp3) is 0.519. The number of hydrogen-bond donors (Lipinski definition) is 6. The standard InChI is InChI=1S/C27H35N3O8/c1-26(2,3)11-38-25(36)29-16-7-6-12-8-13-9-15-19(30(4)5)20(31)14(24(28)35)10-27(15,37)23(34)18(13)22(33)17(12)21(16)32/h6-7,13,15,19,31-33,37H,8-11H2,1-5H3,(H2,28,35)(H,29,36). The molecule has 0 heterocycles. The van der Waals surface area contributed by atoms with Gasteiger partial charge < -0.3 is 30.9 Å². The summed E-state index contributed by atoms with van der Waals surface area (Å²) < 4.78 is 5.19. The number of nitrogens with two attached hydrogens (primary N) is 1. The SMILES string of the molecule is CN(C)C1C(O)=C(C(N)=O)CC2(O)C(=O)C3=C(O)c4c(ccc(NC(=O)OCC(C)(C)C)c4O)CC3CC12. The quantitative estimate of drug-likeness (QED) is 0.319. The molecule has 0 radical (unpaired) electrons. The number of nitrogens with one attached hydrogen (secondary N) is 1. The Morgan fingerprint density at radius 2 is 1.87 bits per heavy atom. The van der Waals surface area contributed by atoms with E-state index in [2.05, 4.69) is 5.32 Å². The summed E-state index contributed by atoms with van der Waals surface area (Å²) in [6, 6.07) is 2.28. The van der Waals surface area contributed by atoms with Crippen LogP contribution in [0.2, 0.25) is 0 Å². The number of benzene rings is 1. The first-order chi connectivity index (χ1) is 17.6. The van der Waals surface area contributed by atoms with E-state index < -0.39 is 59.2 Å². The molecule has 0 aliphatic heterocycles. The monoisotopic (exact) mass is 529 g/mol. The van der Waals surface area contributed by atoms with Crippen molar-refractivity contribution in [2.24, 2.45) is 23.0 Å². The third-order valence-corrected chi connectivity index (χ3v) is 7.56. The molecule has 1 fully saturated rings. The van der Waals surface area contributed by atoms with Gasteiger partial charge in [-0.15, -0.1) is 0 Å². The Morgan fingerprint density at radius 3 is 2.45 bits per heavy atom. The Balaban J connectivity index is 1.74. The first-order valence-corrected chi connectivity index (χ1v) is 12.4. The highest BCUT2D eigenvalue weighted by Crippen LogP contribution is 2.53. The van der Waals surface area contributed by atoms with Crippen LogP contribution in [0.25, 0.3) is 5.76 Å². The van der Waals surface area contributed by atoms with Gasteiger partial charge in [0.15, 0.2) is 5.78 Å². The molecular weight excluding hydrogens is 494 g/mol. The molecule has 38 heavy (non-hydrogen) atoms. The van der Waals surface area contributed by atoms with Gasteiger partial charge in [0, 0.05) is 17.9 Å². The molecule has 2 amide bonds. The first-order valence-electron chi connectivity index (χ1n) is 12.4. The third kappa shape index (κ3) is 4.49. The summed E-state index contributed by atoms with van der Waals surface area (Å²) in [5.41, 5.74) is 3.29. The number of amides is 2. The number of phenolic OH excluding ortho intramolecular Hbond substituents is 1. The zero-order chi connectivity index (χ0) is 28.3. The van der Waals surface area contributed by atoms with Crippen molar-refractivity contribution in [3.8, 4) is 5.75 Å². The van der Waals surface area contributed by atoms with Crippen LogP contribution in [0.15, 0.2) is 29.0 Å². The van der Waals surface area contributed by atoms with Gasteiger partial charge in [0.1, 0.15) is 22.9 Å². The molecule has 3 aliphatic rings. The summed E-state index contributed by atoms with van der Waals surface area (Å²) in [7, 11) is 3.32. The van der Waals surface area contributed by atoms with E-state index in [1.165, 1.54) is 6.07 Å². The highest BCUT2D eigenvalue weighted by molar-refractivity contribution is 6.10. The van der Waals surface area contributed by atoms with E-state index in [0.717, 1.165) is 0 Å². The van der Waals surface area contributed by atoms with Crippen LogP contribution >= 0.6 is 0 Å². The van der Waals surface area contributed by atoms with Gasteiger partial charge in [-0.05, 0) is 49.9 Å². The molecule has 1 saturated carbocycles. The molecular formula is C27H35N3O8. The van der Waals surface area contributed by atoms with Gasteiger partial charge in [-0.1, -0.05) is 26.8 Å². The van der Waals surface area contributed by atoms with Crippen LogP contribution < -0.4 is 11.1 Å². The van der Waals surface area contributed by atoms with Gasteiger partial charge in [0.05, 0.1) is 29.5 Å². The number of rotatable bonds is 4. The molecule has 3 aliphatic carbocycles. The number of anilines is 1. The van der Waals surface area contributed by atoms with Crippen LogP contribution in [0.4, 0.5) is 10.5 Å². The van der Waals surface area contributed by atoms with Crippen molar-refractivity contribution < 1.29 is 39.5 Å². The van der Waals surface area contributed by atoms with E-state index >= 15 is 0 Å². The number of fused-ring (bicyclic) bond motifs is 3. The van der Waals surface area contributed by atoms with E-state index in [1.54, 1.807) is 25.1 Å². The van der Waals surface area contributed by atoms with Crippen molar-refractivity contribution in [2.45, 2.75) is 51.7 Å². The number of hydrogen-bond acceptors (Lipinski definition) is 9. The Labute approximate surface area is 220 Å². The lowest BCUT2D eigenvalue weighted by atomic mass is 9.57. The summed E-state index contributed by atoms with van der Waals surface area (Å²) in [6.07, 6.45) is -0.793. The lowest BCUT2D eigenvalue weighted by Crippen LogP contribution is -2.62. The highest BCUT2D eigenvalue weighted by Gasteiger charge is 2.60. The molecule has 11 heteroatoms. The molecule has 0 saturated heterocycles. The topological polar surface area (TPSA) is 183 Å². The largest absolute Gasteiger partial charge is 0.510 e. The molecule has 4 atom stereocenters. The number of aliphatic hydroxyl groups is 3. The summed E-state index contributed by atoms with van der Waals surface area (Å²) in [5.74, 6) is -4.24. The van der Waals surface area contributed by atoms with Crippen molar-refractivity contribution in [3.05, 3.63) is 40.2 Å². The van der Waals surface area contributed by atoms with Gasteiger partial charge in [0.2, 0.25) is 5.91 Å². The van der Waals surface area contributed by atoms with Gasteiger partial charge >= 0.3 is 6.09 Å². The minimum absolute atomic E-state index is 0.0117. The van der Waals surface area contributed by atoms with Crippen molar-refractivity contribution in [3.63, 3.8) is 0 Å². The summed E-state index contributed by atoms with van der Waals surface area (Å²) >= 11 is 0. The number of carbonyl (C=O) groups is 3. The summed E-state index contributed by atoms with van der Waals surface area (Å²) in [6.45, 7) is 5.83.